The normalized spacial score (nSPS) is 11.3. The van der Waals surface area contributed by atoms with Crippen LogP contribution in [0.25, 0.3) is 0 Å². The fourth-order valence-corrected chi connectivity index (χ4v) is 2.67. The highest BCUT2D eigenvalue weighted by Crippen LogP contribution is 2.20. The van der Waals surface area contributed by atoms with Crippen molar-refractivity contribution >= 4 is 37.5 Å². The van der Waals surface area contributed by atoms with Crippen LogP contribution in [0.3, 0.4) is 0 Å². The van der Waals surface area contributed by atoms with Gasteiger partial charge in [-0.3, -0.25) is 4.79 Å². The van der Waals surface area contributed by atoms with E-state index in [-0.39, 0.29) is 5.69 Å². The summed E-state index contributed by atoms with van der Waals surface area (Å²) in [6.07, 6.45) is 0. The molecule has 5 nitrogen and oxygen atoms in total. The van der Waals surface area contributed by atoms with Crippen molar-refractivity contribution < 1.29 is 22.0 Å². The molecule has 1 amide bonds. The van der Waals surface area contributed by atoms with Gasteiger partial charge in [0.15, 0.2) is 0 Å². The number of halogens is 3. The number of primary sulfonamides is 1. The van der Waals surface area contributed by atoms with Crippen molar-refractivity contribution in [2.75, 3.05) is 5.32 Å². The first-order chi connectivity index (χ1) is 10.2. The van der Waals surface area contributed by atoms with E-state index in [1.54, 1.807) is 0 Å². The highest BCUT2D eigenvalue weighted by molar-refractivity contribution is 9.10. The zero-order chi connectivity index (χ0) is 16.5. The van der Waals surface area contributed by atoms with Gasteiger partial charge in [0.05, 0.1) is 10.5 Å². The van der Waals surface area contributed by atoms with Gasteiger partial charge in [-0.1, -0.05) is 15.9 Å². The molecule has 0 aliphatic carbocycles. The summed E-state index contributed by atoms with van der Waals surface area (Å²) in [5.74, 6) is -2.50. The number of hydrogen-bond acceptors (Lipinski definition) is 3. The number of carbonyl (C=O) groups excluding carboxylic acids is 1. The van der Waals surface area contributed by atoms with Gasteiger partial charge in [-0.05, 0) is 36.4 Å². The number of amides is 1. The van der Waals surface area contributed by atoms with Crippen molar-refractivity contribution in [1.29, 1.82) is 0 Å². The van der Waals surface area contributed by atoms with Crippen LogP contribution in [0, 0.1) is 11.6 Å². The molecule has 116 valence electrons. The van der Waals surface area contributed by atoms with Crippen LogP contribution in [0.4, 0.5) is 14.5 Å². The molecule has 2 rings (SSSR count). The molecule has 2 aromatic rings. The topological polar surface area (TPSA) is 89.3 Å². The number of nitrogens with two attached hydrogens (primary N) is 1. The predicted octanol–water partition coefficient (Wildman–Crippen LogP) is 2.63. The molecule has 3 N–H and O–H groups in total. The fraction of sp³-hybridized carbons (Fsp3) is 0. The monoisotopic (exact) mass is 390 g/mol. The van der Waals surface area contributed by atoms with Gasteiger partial charge < -0.3 is 5.32 Å². The van der Waals surface area contributed by atoms with E-state index >= 15 is 0 Å². The zero-order valence-electron chi connectivity index (χ0n) is 10.8. The van der Waals surface area contributed by atoms with Crippen LogP contribution < -0.4 is 10.5 Å². The van der Waals surface area contributed by atoms with Crippen LogP contribution in [0.15, 0.2) is 45.8 Å². The van der Waals surface area contributed by atoms with E-state index in [1.807, 2.05) is 0 Å². The first-order valence-electron chi connectivity index (χ1n) is 5.76. The minimum atomic E-state index is -4.07. The number of sulfonamides is 1. The molecule has 0 saturated carbocycles. The molecule has 9 heteroatoms. The maximum Gasteiger partial charge on any atom is 0.258 e. The van der Waals surface area contributed by atoms with E-state index in [9.17, 15) is 22.0 Å². The van der Waals surface area contributed by atoms with Crippen LogP contribution in [0.5, 0.6) is 0 Å². The van der Waals surface area contributed by atoms with E-state index in [1.165, 1.54) is 12.1 Å². The number of rotatable bonds is 3. The van der Waals surface area contributed by atoms with Gasteiger partial charge in [0, 0.05) is 10.2 Å². The lowest BCUT2D eigenvalue weighted by molar-refractivity contribution is 0.102. The van der Waals surface area contributed by atoms with E-state index in [0.29, 0.717) is 10.5 Å². The van der Waals surface area contributed by atoms with E-state index in [4.69, 9.17) is 5.14 Å². The molecule has 0 aliphatic rings. The summed E-state index contributed by atoms with van der Waals surface area (Å²) in [6.45, 7) is 0. The number of anilines is 1. The second kappa shape index (κ2) is 6.11. The van der Waals surface area contributed by atoms with Crippen LogP contribution >= 0.6 is 15.9 Å². The first kappa shape index (κ1) is 16.5. The maximum absolute atomic E-state index is 13.8. The minimum Gasteiger partial charge on any atom is -0.322 e. The Bertz CT molecular complexity index is 836. The van der Waals surface area contributed by atoms with Crippen LogP contribution in [0.2, 0.25) is 0 Å². The molecule has 0 aromatic heterocycles. The SMILES string of the molecule is NS(=O)(=O)c1ccc(C(=O)Nc2cc(F)cc(Br)c2)c(F)c1. The van der Waals surface area contributed by atoms with Gasteiger partial charge in [0.25, 0.3) is 5.91 Å². The third kappa shape index (κ3) is 3.87. The number of hydrogen-bond donors (Lipinski definition) is 2. The molecule has 0 fully saturated rings. The highest BCUT2D eigenvalue weighted by Gasteiger charge is 2.16. The second-order valence-corrected chi connectivity index (χ2v) is 6.78. The van der Waals surface area contributed by atoms with Crippen LogP contribution in [-0.2, 0) is 10.0 Å². The predicted molar refractivity (Wildman–Crippen MR) is 79.8 cm³/mol. The minimum absolute atomic E-state index is 0.117. The Kier molecular flexibility index (Phi) is 4.59. The maximum atomic E-state index is 13.8. The van der Waals surface area contributed by atoms with Gasteiger partial charge in [-0.2, -0.15) is 0 Å². The summed E-state index contributed by atoms with van der Waals surface area (Å²) in [5.41, 5.74) is -0.278. The molecule has 22 heavy (non-hydrogen) atoms. The van der Waals surface area contributed by atoms with Crippen molar-refractivity contribution in [3.05, 3.63) is 58.1 Å². The summed E-state index contributed by atoms with van der Waals surface area (Å²) in [4.78, 5) is 11.5. The Morgan fingerprint density at radius 1 is 1.14 bits per heavy atom. The highest BCUT2D eigenvalue weighted by atomic mass is 79.9. The third-order valence-corrected chi connectivity index (χ3v) is 4.00. The lowest BCUT2D eigenvalue weighted by atomic mass is 10.2. The Labute approximate surface area is 133 Å². The van der Waals surface area contributed by atoms with Crippen molar-refractivity contribution in [3.63, 3.8) is 0 Å². The average molecular weight is 391 g/mol. The Balaban J connectivity index is 2.30. The molecule has 0 atom stereocenters. The van der Waals surface area contributed by atoms with Gasteiger partial charge in [0.1, 0.15) is 11.6 Å². The molecule has 0 saturated heterocycles. The summed E-state index contributed by atoms with van der Waals surface area (Å²) in [5, 5.41) is 7.18. The lowest BCUT2D eigenvalue weighted by Gasteiger charge is -2.08. The summed E-state index contributed by atoms with van der Waals surface area (Å²) < 4.78 is 49.6. The summed E-state index contributed by atoms with van der Waals surface area (Å²) in [7, 11) is -4.07. The van der Waals surface area contributed by atoms with E-state index in [0.717, 1.165) is 18.2 Å². The Morgan fingerprint density at radius 2 is 1.82 bits per heavy atom. The van der Waals surface area contributed by atoms with Crippen molar-refractivity contribution in [2.45, 2.75) is 4.90 Å². The van der Waals surface area contributed by atoms with Crippen LogP contribution in [0.1, 0.15) is 10.4 Å². The fourth-order valence-electron chi connectivity index (χ4n) is 1.68. The molecular formula is C13H9BrF2N2O3S. The third-order valence-electron chi connectivity index (χ3n) is 2.63. The summed E-state index contributed by atoms with van der Waals surface area (Å²) >= 11 is 3.06. The Morgan fingerprint density at radius 3 is 2.36 bits per heavy atom. The molecule has 2 aromatic carbocycles. The largest absolute Gasteiger partial charge is 0.322 e. The number of carbonyl (C=O) groups is 1. The molecule has 0 unspecified atom stereocenters. The molecule has 0 radical (unpaired) electrons. The molecule has 0 aliphatic heterocycles. The van der Waals surface area contributed by atoms with Gasteiger partial charge in [0.2, 0.25) is 10.0 Å². The van der Waals surface area contributed by atoms with Gasteiger partial charge >= 0.3 is 0 Å². The van der Waals surface area contributed by atoms with Crippen molar-refractivity contribution in [2.24, 2.45) is 5.14 Å². The van der Waals surface area contributed by atoms with Gasteiger partial charge in [-0.25, -0.2) is 22.3 Å². The molecular weight excluding hydrogens is 382 g/mol. The second-order valence-electron chi connectivity index (χ2n) is 4.30. The molecule has 0 heterocycles. The standard InChI is InChI=1S/C13H9BrF2N2O3S/c14-7-3-8(15)5-9(4-7)18-13(19)11-2-1-10(6-12(11)16)22(17,20)21/h1-6H,(H,18,19)(H2,17,20,21). The molecule has 0 bridgehead atoms. The Hall–Kier alpha value is -1.84. The van der Waals surface area contributed by atoms with E-state index in [2.05, 4.69) is 21.2 Å². The van der Waals surface area contributed by atoms with Crippen LogP contribution in [-0.4, -0.2) is 14.3 Å². The number of benzene rings is 2. The summed E-state index contributed by atoms with van der Waals surface area (Å²) in [6, 6.07) is 6.31. The lowest BCUT2D eigenvalue weighted by Crippen LogP contribution is -2.16. The van der Waals surface area contributed by atoms with Crippen molar-refractivity contribution in [1.82, 2.24) is 0 Å². The smallest absolute Gasteiger partial charge is 0.258 e. The zero-order valence-corrected chi connectivity index (χ0v) is 13.2. The number of nitrogens with one attached hydrogen (secondary N) is 1. The average Bonchev–Trinajstić information content (AvgIpc) is 2.35. The first-order valence-corrected chi connectivity index (χ1v) is 8.10. The molecule has 0 spiro atoms. The van der Waals surface area contributed by atoms with Gasteiger partial charge in [-0.15, -0.1) is 0 Å². The van der Waals surface area contributed by atoms with Crippen molar-refractivity contribution in [3.8, 4) is 0 Å². The quantitative estimate of drug-likeness (QED) is 0.843. The van der Waals surface area contributed by atoms with E-state index < -0.39 is 38.0 Å².